The molecule has 0 aliphatic heterocycles. The zero-order chi connectivity index (χ0) is 22.9. The van der Waals surface area contributed by atoms with Crippen molar-refractivity contribution in [3.05, 3.63) is 72.0 Å². The van der Waals surface area contributed by atoms with Gasteiger partial charge in [-0.05, 0) is 56.3 Å². The maximum Gasteiger partial charge on any atom is 0.251 e. The summed E-state index contributed by atoms with van der Waals surface area (Å²) in [7, 11) is -2.15. The zero-order valence-electron chi connectivity index (χ0n) is 17.9. The van der Waals surface area contributed by atoms with Gasteiger partial charge in [-0.1, -0.05) is 18.2 Å². The molecule has 1 amide bonds. The van der Waals surface area contributed by atoms with Crippen molar-refractivity contribution in [1.82, 2.24) is 14.6 Å². The molecule has 2 aromatic carbocycles. The molecule has 166 valence electrons. The van der Waals surface area contributed by atoms with Crippen LogP contribution in [0.4, 0.5) is 0 Å². The molecule has 0 atom stereocenters. The van der Waals surface area contributed by atoms with E-state index in [1.165, 1.54) is 34.8 Å². The monoisotopic (exact) mass is 469 g/mol. The standard InChI is InChI=1S/C23H23N3O4S2/c1-15(2)26(3)32(28,29)18-8-6-7-16(13-18)22(27)24-14-17-11-12-20(30-17)23-25-19-9-4-5-10-21(19)31-23/h4-13,15H,14H2,1-3H3,(H,24,27). The molecule has 0 saturated heterocycles. The Morgan fingerprint density at radius 1 is 1.12 bits per heavy atom. The maximum absolute atomic E-state index is 12.7. The van der Waals surface area contributed by atoms with E-state index >= 15 is 0 Å². The van der Waals surface area contributed by atoms with Gasteiger partial charge in [0.1, 0.15) is 5.76 Å². The molecule has 32 heavy (non-hydrogen) atoms. The number of carbonyl (C=O) groups is 1. The van der Waals surface area contributed by atoms with Crippen LogP contribution in [0, 0.1) is 0 Å². The summed E-state index contributed by atoms with van der Waals surface area (Å²) in [6.07, 6.45) is 0. The summed E-state index contributed by atoms with van der Waals surface area (Å²) in [4.78, 5) is 17.3. The smallest absolute Gasteiger partial charge is 0.251 e. The molecule has 0 unspecified atom stereocenters. The third-order valence-corrected chi connectivity index (χ3v) is 8.17. The number of carbonyl (C=O) groups excluding carboxylic acids is 1. The third kappa shape index (κ3) is 4.45. The van der Waals surface area contributed by atoms with E-state index in [1.54, 1.807) is 32.0 Å². The maximum atomic E-state index is 12.7. The Kier molecular flexibility index (Phi) is 6.14. The number of nitrogens with zero attached hydrogens (tertiary/aromatic N) is 2. The summed E-state index contributed by atoms with van der Waals surface area (Å²) in [5.41, 5.74) is 1.18. The van der Waals surface area contributed by atoms with Gasteiger partial charge < -0.3 is 9.73 Å². The second-order valence-corrected chi connectivity index (χ2v) is 10.6. The van der Waals surface area contributed by atoms with Crippen LogP contribution >= 0.6 is 11.3 Å². The Morgan fingerprint density at radius 3 is 2.66 bits per heavy atom. The number of aromatic nitrogens is 1. The normalized spacial score (nSPS) is 12.0. The summed E-state index contributed by atoms with van der Waals surface area (Å²) < 4.78 is 33.6. The van der Waals surface area contributed by atoms with Crippen molar-refractivity contribution in [2.75, 3.05) is 7.05 Å². The Morgan fingerprint density at radius 2 is 1.91 bits per heavy atom. The molecular weight excluding hydrogens is 446 g/mol. The van der Waals surface area contributed by atoms with Gasteiger partial charge in [-0.3, -0.25) is 4.79 Å². The van der Waals surface area contributed by atoms with E-state index in [9.17, 15) is 13.2 Å². The van der Waals surface area contributed by atoms with Crippen molar-refractivity contribution in [3.63, 3.8) is 0 Å². The first-order valence-electron chi connectivity index (χ1n) is 10.1. The highest BCUT2D eigenvalue weighted by atomic mass is 32.2. The second kappa shape index (κ2) is 8.85. The Labute approximate surface area is 190 Å². The van der Waals surface area contributed by atoms with E-state index in [0.717, 1.165) is 15.2 Å². The van der Waals surface area contributed by atoms with E-state index in [0.29, 0.717) is 11.5 Å². The Bertz CT molecular complexity index is 1340. The van der Waals surface area contributed by atoms with Crippen LogP contribution in [-0.4, -0.2) is 36.7 Å². The topological polar surface area (TPSA) is 92.5 Å². The largest absolute Gasteiger partial charge is 0.457 e. The minimum absolute atomic E-state index is 0.0810. The van der Waals surface area contributed by atoms with E-state index in [1.807, 2.05) is 30.3 Å². The van der Waals surface area contributed by atoms with Gasteiger partial charge in [0.15, 0.2) is 10.8 Å². The predicted molar refractivity (Wildman–Crippen MR) is 125 cm³/mol. The lowest BCUT2D eigenvalue weighted by atomic mass is 10.2. The van der Waals surface area contributed by atoms with E-state index in [4.69, 9.17) is 4.42 Å². The Balaban J connectivity index is 1.46. The van der Waals surface area contributed by atoms with Crippen LogP contribution in [0.1, 0.15) is 30.0 Å². The predicted octanol–water partition coefficient (Wildman–Crippen LogP) is 4.52. The highest BCUT2D eigenvalue weighted by Gasteiger charge is 2.24. The molecule has 0 radical (unpaired) electrons. The summed E-state index contributed by atoms with van der Waals surface area (Å²) in [5, 5.41) is 3.55. The van der Waals surface area contributed by atoms with E-state index < -0.39 is 10.0 Å². The van der Waals surface area contributed by atoms with Gasteiger partial charge in [0.25, 0.3) is 5.91 Å². The minimum atomic E-state index is -3.67. The van der Waals surface area contributed by atoms with Crippen LogP contribution < -0.4 is 5.32 Å². The number of amides is 1. The summed E-state index contributed by atoms with van der Waals surface area (Å²) in [6.45, 7) is 3.76. The zero-order valence-corrected chi connectivity index (χ0v) is 19.5. The molecule has 2 heterocycles. The lowest BCUT2D eigenvalue weighted by molar-refractivity contribution is 0.0948. The number of thiazole rings is 1. The number of fused-ring (bicyclic) bond motifs is 1. The number of nitrogens with one attached hydrogen (secondary N) is 1. The van der Waals surface area contributed by atoms with Gasteiger partial charge in [-0.25, -0.2) is 13.4 Å². The molecule has 0 bridgehead atoms. The number of sulfonamides is 1. The van der Waals surface area contributed by atoms with Crippen molar-refractivity contribution in [3.8, 4) is 10.8 Å². The first kappa shape index (κ1) is 22.2. The Hall–Kier alpha value is -3.01. The molecule has 0 aliphatic rings. The number of hydrogen-bond acceptors (Lipinski definition) is 6. The highest BCUT2D eigenvalue weighted by molar-refractivity contribution is 7.89. The second-order valence-electron chi connectivity index (χ2n) is 7.58. The van der Waals surface area contributed by atoms with Gasteiger partial charge in [0.2, 0.25) is 10.0 Å². The molecule has 2 aromatic heterocycles. The lowest BCUT2D eigenvalue weighted by Crippen LogP contribution is -2.33. The average molecular weight is 470 g/mol. The molecule has 0 aliphatic carbocycles. The van der Waals surface area contributed by atoms with E-state index in [2.05, 4.69) is 10.3 Å². The number of benzene rings is 2. The highest BCUT2D eigenvalue weighted by Crippen LogP contribution is 2.31. The molecule has 9 heteroatoms. The fourth-order valence-corrected chi connectivity index (χ4v) is 5.42. The van der Waals surface area contributed by atoms with Gasteiger partial charge in [-0.2, -0.15) is 4.31 Å². The fourth-order valence-electron chi connectivity index (χ4n) is 3.08. The summed E-state index contributed by atoms with van der Waals surface area (Å²) in [5.74, 6) is 0.836. The minimum Gasteiger partial charge on any atom is -0.457 e. The van der Waals surface area contributed by atoms with Crippen molar-refractivity contribution < 1.29 is 17.6 Å². The average Bonchev–Trinajstić information content (AvgIpc) is 3.43. The van der Waals surface area contributed by atoms with Crippen molar-refractivity contribution in [2.24, 2.45) is 0 Å². The molecule has 0 saturated carbocycles. The summed E-state index contributed by atoms with van der Waals surface area (Å²) >= 11 is 1.54. The SMILES string of the molecule is CC(C)N(C)S(=O)(=O)c1cccc(C(=O)NCc2ccc(-c3nc4ccccc4s3)o2)c1. The van der Waals surface area contributed by atoms with Crippen molar-refractivity contribution >= 4 is 37.5 Å². The lowest BCUT2D eigenvalue weighted by Gasteiger charge is -2.21. The molecule has 4 aromatic rings. The van der Waals surface area contributed by atoms with Gasteiger partial charge >= 0.3 is 0 Å². The van der Waals surface area contributed by atoms with Crippen molar-refractivity contribution in [1.29, 1.82) is 0 Å². The summed E-state index contributed by atoms with van der Waals surface area (Å²) in [6, 6.07) is 17.3. The quantitative estimate of drug-likeness (QED) is 0.430. The van der Waals surface area contributed by atoms with Crippen LogP contribution in [0.2, 0.25) is 0 Å². The van der Waals surface area contributed by atoms with Gasteiger partial charge in [-0.15, -0.1) is 11.3 Å². The molecular formula is C23H23N3O4S2. The number of hydrogen-bond donors (Lipinski definition) is 1. The number of furan rings is 1. The number of para-hydroxylation sites is 1. The van der Waals surface area contributed by atoms with Crippen LogP contribution in [0.25, 0.3) is 21.0 Å². The van der Waals surface area contributed by atoms with Gasteiger partial charge in [0.05, 0.1) is 21.7 Å². The van der Waals surface area contributed by atoms with Gasteiger partial charge in [0, 0.05) is 18.7 Å². The number of rotatable bonds is 7. The third-order valence-electron chi connectivity index (χ3n) is 5.09. The van der Waals surface area contributed by atoms with Crippen molar-refractivity contribution in [2.45, 2.75) is 31.3 Å². The first-order valence-corrected chi connectivity index (χ1v) is 12.3. The molecule has 0 fully saturated rings. The van der Waals surface area contributed by atoms with Crippen LogP contribution in [-0.2, 0) is 16.6 Å². The van der Waals surface area contributed by atoms with E-state index in [-0.39, 0.29) is 29.0 Å². The van der Waals surface area contributed by atoms with Crippen LogP contribution in [0.15, 0.2) is 70.0 Å². The molecule has 4 rings (SSSR count). The fraction of sp³-hybridized carbons (Fsp3) is 0.217. The molecule has 0 spiro atoms. The molecule has 7 nitrogen and oxygen atoms in total. The van der Waals surface area contributed by atoms with Crippen LogP contribution in [0.5, 0.6) is 0 Å². The first-order chi connectivity index (χ1) is 15.3. The molecule has 1 N–H and O–H groups in total. The van der Waals surface area contributed by atoms with Crippen LogP contribution in [0.3, 0.4) is 0 Å².